The summed E-state index contributed by atoms with van der Waals surface area (Å²) < 4.78 is 38.1. The van der Waals surface area contributed by atoms with Gasteiger partial charge < -0.3 is 5.32 Å². The summed E-state index contributed by atoms with van der Waals surface area (Å²) in [5.74, 6) is -0.644. The Bertz CT molecular complexity index is 763. The molecule has 0 aliphatic carbocycles. The molecule has 7 heteroatoms. The Balaban J connectivity index is 1.93. The van der Waals surface area contributed by atoms with Crippen molar-refractivity contribution in [1.29, 1.82) is 0 Å². The molecule has 0 saturated heterocycles. The molecule has 0 aliphatic heterocycles. The summed E-state index contributed by atoms with van der Waals surface area (Å²) in [6.45, 7) is 1.40. The van der Waals surface area contributed by atoms with Crippen LogP contribution in [0, 0.1) is 0 Å². The number of ketones is 1. The average molecular weight is 381 g/mol. The van der Waals surface area contributed by atoms with Crippen molar-refractivity contribution in [3.8, 4) is 0 Å². The van der Waals surface area contributed by atoms with Gasteiger partial charge in [-0.3, -0.25) is 9.59 Å². The predicted octanol–water partition coefficient (Wildman–Crippen LogP) is 4.11. The molecule has 2 aromatic rings. The predicted molar refractivity (Wildman–Crippen MR) is 94.9 cm³/mol. The zero-order valence-electron chi connectivity index (χ0n) is 14.0. The standard InChI is InChI=1S/C19H18F3NO2S/c1-13(24)17(10-14-6-3-2-4-7-14)23-18(25)12-26-16-9-5-8-15(11-16)19(20,21)22/h2-9,11,17H,10,12H2,1H3,(H,23,25). The molecule has 2 rings (SSSR count). The quantitative estimate of drug-likeness (QED) is 0.734. The number of carbonyl (C=O) groups excluding carboxylic acids is 2. The number of hydrogen-bond acceptors (Lipinski definition) is 3. The molecule has 0 aromatic heterocycles. The van der Waals surface area contributed by atoms with E-state index in [1.165, 1.54) is 19.1 Å². The fourth-order valence-electron chi connectivity index (χ4n) is 2.29. The Morgan fingerprint density at radius 1 is 1.08 bits per heavy atom. The maximum atomic E-state index is 12.7. The summed E-state index contributed by atoms with van der Waals surface area (Å²) in [6, 6.07) is 13.4. The number of amides is 1. The third-order valence-corrected chi connectivity index (χ3v) is 4.63. The Morgan fingerprint density at radius 2 is 1.77 bits per heavy atom. The summed E-state index contributed by atoms with van der Waals surface area (Å²) in [7, 11) is 0. The zero-order chi connectivity index (χ0) is 19.2. The number of rotatable bonds is 7. The lowest BCUT2D eigenvalue weighted by molar-refractivity contribution is -0.137. The molecule has 0 bridgehead atoms. The van der Waals surface area contributed by atoms with Gasteiger partial charge in [0.05, 0.1) is 17.4 Å². The maximum absolute atomic E-state index is 12.7. The van der Waals surface area contributed by atoms with E-state index in [-0.39, 0.29) is 11.5 Å². The molecule has 0 fully saturated rings. The van der Waals surface area contributed by atoms with Gasteiger partial charge in [-0.05, 0) is 37.1 Å². The first-order valence-corrected chi connectivity index (χ1v) is 8.88. The third kappa shape index (κ3) is 6.22. The molecule has 1 amide bonds. The normalized spacial score (nSPS) is 12.5. The van der Waals surface area contributed by atoms with Crippen molar-refractivity contribution in [2.75, 3.05) is 5.75 Å². The van der Waals surface area contributed by atoms with E-state index in [0.717, 1.165) is 29.5 Å². The molecule has 0 radical (unpaired) electrons. The molecule has 1 unspecified atom stereocenters. The second kappa shape index (κ2) is 8.89. The van der Waals surface area contributed by atoms with Crippen molar-refractivity contribution < 1.29 is 22.8 Å². The van der Waals surface area contributed by atoms with Crippen LogP contribution in [0.15, 0.2) is 59.5 Å². The Labute approximate surface area is 154 Å². The SMILES string of the molecule is CC(=O)C(Cc1ccccc1)NC(=O)CSc1cccc(C(F)(F)F)c1. The topological polar surface area (TPSA) is 46.2 Å². The second-order valence-electron chi connectivity index (χ2n) is 5.73. The Kier molecular flexibility index (Phi) is 6.85. The van der Waals surface area contributed by atoms with Crippen molar-refractivity contribution in [2.45, 2.75) is 30.5 Å². The van der Waals surface area contributed by atoms with Crippen LogP contribution >= 0.6 is 11.8 Å². The fraction of sp³-hybridized carbons (Fsp3) is 0.263. The monoisotopic (exact) mass is 381 g/mol. The van der Waals surface area contributed by atoms with E-state index in [4.69, 9.17) is 0 Å². The zero-order valence-corrected chi connectivity index (χ0v) is 14.9. The Morgan fingerprint density at radius 3 is 2.38 bits per heavy atom. The van der Waals surface area contributed by atoms with Gasteiger partial charge in [0, 0.05) is 4.90 Å². The summed E-state index contributed by atoms with van der Waals surface area (Å²) in [4.78, 5) is 24.2. The second-order valence-corrected chi connectivity index (χ2v) is 6.78. The number of carbonyl (C=O) groups is 2. The fourth-order valence-corrected chi connectivity index (χ4v) is 3.06. The van der Waals surface area contributed by atoms with E-state index in [2.05, 4.69) is 5.32 Å². The minimum atomic E-state index is -4.42. The van der Waals surface area contributed by atoms with Crippen LogP contribution in [0.1, 0.15) is 18.1 Å². The van der Waals surface area contributed by atoms with E-state index < -0.39 is 23.7 Å². The van der Waals surface area contributed by atoms with Crippen LogP contribution in [-0.4, -0.2) is 23.5 Å². The highest BCUT2D eigenvalue weighted by Crippen LogP contribution is 2.31. The molecule has 1 N–H and O–H groups in total. The largest absolute Gasteiger partial charge is 0.416 e. The van der Waals surface area contributed by atoms with Crippen LogP contribution in [0.25, 0.3) is 0 Å². The summed E-state index contributed by atoms with van der Waals surface area (Å²) >= 11 is 0.995. The van der Waals surface area contributed by atoms with E-state index in [1.807, 2.05) is 30.3 Å². The van der Waals surface area contributed by atoms with E-state index in [0.29, 0.717) is 11.3 Å². The number of nitrogens with one attached hydrogen (secondary N) is 1. The lowest BCUT2D eigenvalue weighted by Gasteiger charge is -2.16. The van der Waals surface area contributed by atoms with E-state index in [1.54, 1.807) is 0 Å². The molecule has 3 nitrogen and oxygen atoms in total. The van der Waals surface area contributed by atoms with Gasteiger partial charge in [0.25, 0.3) is 0 Å². The molecular formula is C19H18F3NO2S. The van der Waals surface area contributed by atoms with Crippen molar-refractivity contribution >= 4 is 23.5 Å². The van der Waals surface area contributed by atoms with Gasteiger partial charge in [-0.2, -0.15) is 13.2 Å². The van der Waals surface area contributed by atoms with Gasteiger partial charge in [0.2, 0.25) is 5.91 Å². The van der Waals surface area contributed by atoms with Crippen LogP contribution < -0.4 is 5.32 Å². The minimum absolute atomic E-state index is 0.0696. The maximum Gasteiger partial charge on any atom is 0.416 e. The smallest absolute Gasteiger partial charge is 0.345 e. The van der Waals surface area contributed by atoms with Gasteiger partial charge in [0.15, 0.2) is 5.78 Å². The molecular weight excluding hydrogens is 363 g/mol. The summed E-state index contributed by atoms with van der Waals surface area (Å²) in [5, 5.41) is 2.65. The lowest BCUT2D eigenvalue weighted by Crippen LogP contribution is -2.42. The number of thioether (sulfide) groups is 1. The highest BCUT2D eigenvalue weighted by molar-refractivity contribution is 8.00. The van der Waals surface area contributed by atoms with Gasteiger partial charge in [-0.25, -0.2) is 0 Å². The van der Waals surface area contributed by atoms with Crippen LogP contribution in [0.2, 0.25) is 0 Å². The van der Waals surface area contributed by atoms with Crippen molar-refractivity contribution in [1.82, 2.24) is 5.32 Å². The number of benzene rings is 2. The number of alkyl halides is 3. The molecule has 0 heterocycles. The molecule has 0 spiro atoms. The van der Waals surface area contributed by atoms with E-state index >= 15 is 0 Å². The van der Waals surface area contributed by atoms with Gasteiger partial charge in [-0.1, -0.05) is 36.4 Å². The summed E-state index contributed by atoms with van der Waals surface area (Å²) in [5.41, 5.74) is 0.159. The van der Waals surface area contributed by atoms with Gasteiger partial charge in [0.1, 0.15) is 0 Å². The van der Waals surface area contributed by atoms with Gasteiger partial charge >= 0.3 is 6.18 Å². The molecule has 138 valence electrons. The highest BCUT2D eigenvalue weighted by Gasteiger charge is 2.30. The molecule has 26 heavy (non-hydrogen) atoms. The first-order chi connectivity index (χ1) is 12.3. The van der Waals surface area contributed by atoms with Crippen LogP contribution in [0.5, 0.6) is 0 Å². The van der Waals surface area contributed by atoms with Crippen LogP contribution in [-0.2, 0) is 22.2 Å². The third-order valence-electron chi connectivity index (χ3n) is 3.64. The summed E-state index contributed by atoms with van der Waals surface area (Å²) in [6.07, 6.45) is -4.05. The minimum Gasteiger partial charge on any atom is -0.345 e. The molecule has 0 aliphatic rings. The van der Waals surface area contributed by atoms with Crippen molar-refractivity contribution in [3.05, 3.63) is 65.7 Å². The number of Topliss-reactive ketones (excluding diaryl/α,β-unsaturated/α-hetero) is 1. The first-order valence-electron chi connectivity index (χ1n) is 7.89. The number of halogens is 3. The lowest BCUT2D eigenvalue weighted by atomic mass is 10.0. The average Bonchev–Trinajstić information content (AvgIpc) is 2.60. The first kappa shape index (κ1) is 20.0. The van der Waals surface area contributed by atoms with E-state index in [9.17, 15) is 22.8 Å². The Hall–Kier alpha value is -2.28. The van der Waals surface area contributed by atoms with Crippen LogP contribution in [0.4, 0.5) is 13.2 Å². The molecule has 1 atom stereocenters. The van der Waals surface area contributed by atoms with Crippen molar-refractivity contribution in [3.63, 3.8) is 0 Å². The van der Waals surface area contributed by atoms with Crippen molar-refractivity contribution in [2.24, 2.45) is 0 Å². The highest BCUT2D eigenvalue weighted by atomic mass is 32.2. The molecule has 0 saturated carbocycles. The van der Waals surface area contributed by atoms with Crippen LogP contribution in [0.3, 0.4) is 0 Å². The number of hydrogen-bond donors (Lipinski definition) is 1. The molecule has 2 aromatic carbocycles. The van der Waals surface area contributed by atoms with Gasteiger partial charge in [-0.15, -0.1) is 11.8 Å².